The number of amides is 2. The molecule has 1 spiro atoms. The van der Waals surface area contributed by atoms with Gasteiger partial charge in [0.15, 0.2) is 5.78 Å². The van der Waals surface area contributed by atoms with Crippen LogP contribution in [0.2, 0.25) is 0 Å². The molecule has 1 saturated heterocycles. The van der Waals surface area contributed by atoms with Crippen LogP contribution in [0.4, 0.5) is 0 Å². The predicted molar refractivity (Wildman–Crippen MR) is 139 cm³/mol. The smallest absolute Gasteiger partial charge is 0.285 e. The average molecular weight is 511 g/mol. The number of carbonyl (C=O) groups is 4. The molecule has 2 aliphatic carbocycles. The molecule has 2 amide bonds. The van der Waals surface area contributed by atoms with E-state index in [1.165, 1.54) is 0 Å². The summed E-state index contributed by atoms with van der Waals surface area (Å²) in [6.45, 7) is 8.83. The Morgan fingerprint density at radius 1 is 1.14 bits per heavy atom. The highest BCUT2D eigenvalue weighted by atomic mass is 16.2. The van der Waals surface area contributed by atoms with E-state index in [4.69, 9.17) is 5.73 Å². The second-order valence-electron chi connectivity index (χ2n) is 12.8. The van der Waals surface area contributed by atoms with E-state index in [1.807, 2.05) is 20.8 Å². The highest BCUT2D eigenvalue weighted by Gasteiger charge is 2.61. The third kappa shape index (κ3) is 5.93. The van der Waals surface area contributed by atoms with Crippen molar-refractivity contribution in [2.45, 2.75) is 91.5 Å². The Labute approximate surface area is 220 Å². The van der Waals surface area contributed by atoms with E-state index in [-0.39, 0.29) is 28.9 Å². The van der Waals surface area contributed by atoms with Crippen LogP contribution in [-0.4, -0.2) is 50.8 Å². The first-order valence-electron chi connectivity index (χ1n) is 13.9. The molecule has 3 aliphatic rings. The van der Waals surface area contributed by atoms with Gasteiger partial charge in [-0.25, -0.2) is 9.97 Å². The van der Waals surface area contributed by atoms with Crippen LogP contribution in [0.1, 0.15) is 84.9 Å². The van der Waals surface area contributed by atoms with Crippen LogP contribution >= 0.6 is 0 Å². The lowest BCUT2D eigenvalue weighted by molar-refractivity contribution is -0.145. The quantitative estimate of drug-likeness (QED) is 0.454. The zero-order chi connectivity index (χ0) is 27.0. The topological polar surface area (TPSA) is 123 Å². The van der Waals surface area contributed by atoms with Gasteiger partial charge in [-0.1, -0.05) is 53.4 Å². The molecular formula is C29H42N4O4. The lowest BCUT2D eigenvalue weighted by atomic mass is 9.76. The van der Waals surface area contributed by atoms with Crippen LogP contribution < -0.4 is 5.73 Å². The summed E-state index contributed by atoms with van der Waals surface area (Å²) in [6, 6.07) is 1.18. The molecule has 8 heteroatoms. The van der Waals surface area contributed by atoms with Crippen molar-refractivity contribution in [3.63, 3.8) is 0 Å². The largest absolute Gasteiger partial charge is 0.363 e. The number of aromatic nitrogens is 2. The Morgan fingerprint density at radius 2 is 1.81 bits per heavy atom. The molecule has 8 nitrogen and oxygen atoms in total. The molecular weight excluding hydrogens is 468 g/mol. The lowest BCUT2D eigenvalue weighted by Gasteiger charge is -2.35. The molecule has 1 aliphatic heterocycles. The van der Waals surface area contributed by atoms with Gasteiger partial charge in [-0.05, 0) is 48.0 Å². The number of primary amides is 1. The third-order valence-electron chi connectivity index (χ3n) is 9.22. The molecule has 2 heterocycles. The molecule has 0 radical (unpaired) electrons. The molecule has 3 fully saturated rings. The maximum atomic E-state index is 14.2. The van der Waals surface area contributed by atoms with Gasteiger partial charge in [-0.3, -0.25) is 19.2 Å². The zero-order valence-electron chi connectivity index (χ0n) is 22.7. The molecule has 0 bridgehead atoms. The molecule has 37 heavy (non-hydrogen) atoms. The number of ketones is 2. The predicted octanol–water partition coefficient (Wildman–Crippen LogP) is 3.52. The average Bonchev–Trinajstić information content (AvgIpc) is 3.36. The summed E-state index contributed by atoms with van der Waals surface area (Å²) >= 11 is 0. The molecule has 0 aromatic carbocycles. The standard InChI is InChI=1S/C29H42N4O4/c1-5-20-15-29(20)16-22(23(34)13-19(25(35)26(30)36)12-18-8-6-9-18)33(17-29)27(37)21(28(2,3)4)14-24-31-10-7-11-32-24/h7,10-11,18-22H,5-6,8-9,12-17H2,1-4H3,(H2,30,36)/t19?,20?,21-,22+,29+/m1/s1. The summed E-state index contributed by atoms with van der Waals surface area (Å²) in [7, 11) is 0. The molecule has 202 valence electrons. The molecule has 2 unspecified atom stereocenters. The number of carbonyl (C=O) groups excluding carboxylic acids is 4. The summed E-state index contributed by atoms with van der Waals surface area (Å²) in [4.78, 5) is 62.9. The number of Topliss-reactive ketones (excluding diaryl/α,β-unsaturated/α-hetero) is 2. The fraction of sp³-hybridized carbons (Fsp3) is 0.724. The van der Waals surface area contributed by atoms with Crippen LogP contribution in [0, 0.1) is 34.5 Å². The Bertz CT molecular complexity index is 1030. The van der Waals surface area contributed by atoms with E-state index < -0.39 is 29.6 Å². The number of nitrogens with two attached hydrogens (primary N) is 1. The van der Waals surface area contributed by atoms with E-state index in [0.717, 1.165) is 32.1 Å². The number of likely N-dealkylation sites (tertiary alicyclic amines) is 1. The first kappa shape index (κ1) is 27.4. The number of hydrogen-bond acceptors (Lipinski definition) is 6. The van der Waals surface area contributed by atoms with Crippen molar-refractivity contribution in [1.82, 2.24) is 14.9 Å². The SMILES string of the molecule is CCC1C[C@@]12C[C@@H](C(=O)CC(CC1CCC1)C(=O)C(N)=O)N(C(=O)[C@@H](Cc1ncccn1)C(C)(C)C)C2. The fourth-order valence-corrected chi connectivity index (χ4v) is 6.56. The zero-order valence-corrected chi connectivity index (χ0v) is 22.7. The second kappa shape index (κ2) is 10.6. The molecule has 5 atom stereocenters. The minimum Gasteiger partial charge on any atom is -0.363 e. The van der Waals surface area contributed by atoms with Gasteiger partial charge < -0.3 is 10.6 Å². The first-order valence-corrected chi connectivity index (χ1v) is 13.9. The Hall–Kier alpha value is -2.64. The monoisotopic (exact) mass is 510 g/mol. The van der Waals surface area contributed by atoms with Crippen molar-refractivity contribution in [3.05, 3.63) is 24.3 Å². The molecule has 2 saturated carbocycles. The number of nitrogens with zero attached hydrogens (tertiary/aromatic N) is 3. The van der Waals surface area contributed by atoms with Crippen molar-refractivity contribution >= 4 is 23.4 Å². The summed E-state index contributed by atoms with van der Waals surface area (Å²) in [5, 5.41) is 0. The van der Waals surface area contributed by atoms with Crippen molar-refractivity contribution < 1.29 is 19.2 Å². The van der Waals surface area contributed by atoms with Gasteiger partial charge in [-0.15, -0.1) is 0 Å². The summed E-state index contributed by atoms with van der Waals surface area (Å²) in [6.07, 6.45) is 10.1. The molecule has 1 aromatic rings. The van der Waals surface area contributed by atoms with Crippen molar-refractivity contribution in [2.24, 2.45) is 40.2 Å². The molecule has 1 aromatic heterocycles. The van der Waals surface area contributed by atoms with Crippen LogP contribution in [0.15, 0.2) is 18.5 Å². The van der Waals surface area contributed by atoms with E-state index in [9.17, 15) is 19.2 Å². The Balaban J connectivity index is 1.57. The summed E-state index contributed by atoms with van der Waals surface area (Å²) in [5.41, 5.74) is 4.97. The van der Waals surface area contributed by atoms with Crippen molar-refractivity contribution in [2.75, 3.05) is 6.54 Å². The van der Waals surface area contributed by atoms with Gasteiger partial charge in [0.2, 0.25) is 11.7 Å². The van der Waals surface area contributed by atoms with Gasteiger partial charge >= 0.3 is 0 Å². The minimum atomic E-state index is -0.975. The highest BCUT2D eigenvalue weighted by Crippen LogP contribution is 2.62. The second-order valence-corrected chi connectivity index (χ2v) is 12.8. The van der Waals surface area contributed by atoms with Gasteiger partial charge in [0.1, 0.15) is 5.82 Å². The van der Waals surface area contributed by atoms with Crippen molar-refractivity contribution in [1.29, 1.82) is 0 Å². The fourth-order valence-electron chi connectivity index (χ4n) is 6.56. The molecule has 2 N–H and O–H groups in total. The van der Waals surface area contributed by atoms with Crippen LogP contribution in [0.25, 0.3) is 0 Å². The van der Waals surface area contributed by atoms with Crippen LogP contribution in [0.5, 0.6) is 0 Å². The van der Waals surface area contributed by atoms with E-state index in [2.05, 4.69) is 16.9 Å². The lowest BCUT2D eigenvalue weighted by Crippen LogP contribution is -2.48. The number of rotatable bonds is 11. The normalized spacial score (nSPS) is 27.0. The van der Waals surface area contributed by atoms with Crippen LogP contribution in [0.3, 0.4) is 0 Å². The van der Waals surface area contributed by atoms with Gasteiger partial charge in [-0.2, -0.15) is 0 Å². The van der Waals surface area contributed by atoms with Crippen LogP contribution in [-0.2, 0) is 25.6 Å². The highest BCUT2D eigenvalue weighted by molar-refractivity contribution is 6.36. The van der Waals surface area contributed by atoms with E-state index >= 15 is 0 Å². The van der Waals surface area contributed by atoms with Crippen molar-refractivity contribution in [3.8, 4) is 0 Å². The van der Waals surface area contributed by atoms with Gasteiger partial charge in [0.25, 0.3) is 5.91 Å². The van der Waals surface area contributed by atoms with E-state index in [1.54, 1.807) is 23.4 Å². The first-order chi connectivity index (χ1) is 17.4. The number of hydrogen-bond donors (Lipinski definition) is 1. The minimum absolute atomic E-state index is 0.0203. The maximum Gasteiger partial charge on any atom is 0.285 e. The van der Waals surface area contributed by atoms with Gasteiger partial charge in [0, 0.05) is 37.7 Å². The third-order valence-corrected chi connectivity index (χ3v) is 9.22. The summed E-state index contributed by atoms with van der Waals surface area (Å²) in [5.74, 6) is -1.41. The molecule has 4 rings (SSSR count). The summed E-state index contributed by atoms with van der Waals surface area (Å²) < 4.78 is 0. The van der Waals surface area contributed by atoms with Gasteiger partial charge in [0.05, 0.1) is 12.0 Å². The maximum absolute atomic E-state index is 14.2. The van der Waals surface area contributed by atoms with E-state index in [0.29, 0.717) is 43.5 Å². The Kier molecular flexibility index (Phi) is 7.86. The Morgan fingerprint density at radius 3 is 2.32 bits per heavy atom.